The standard InChI is InChI=1S/C27H27F3N8O3S/c28-27(29,30)15-34-24-23-22(37-26(38-24)33-13-16-1-7-20(8-2-16)42(31,40)41)10-9-21(36-23)17-3-5-19(6-4-17)35-25(39)18-11-12-32-14-18/h1-10,18,32H,11-15H2,(H,35,39)(H2,31,40,41)(H2,33,34,37,38). The van der Waals surface area contributed by atoms with Crippen molar-refractivity contribution in [2.24, 2.45) is 11.1 Å². The van der Waals surface area contributed by atoms with E-state index < -0.39 is 22.7 Å². The molecule has 0 spiro atoms. The summed E-state index contributed by atoms with van der Waals surface area (Å²) in [4.78, 5) is 25.5. The van der Waals surface area contributed by atoms with Gasteiger partial charge in [-0.15, -0.1) is 0 Å². The number of alkyl halides is 3. The van der Waals surface area contributed by atoms with Crippen LogP contribution in [-0.4, -0.2) is 55.1 Å². The summed E-state index contributed by atoms with van der Waals surface area (Å²) in [5.74, 6) is -0.196. The first-order chi connectivity index (χ1) is 19.9. The first-order valence-electron chi connectivity index (χ1n) is 12.9. The second kappa shape index (κ2) is 11.9. The molecule has 3 heterocycles. The molecule has 0 aliphatic carbocycles. The molecule has 2 aromatic carbocycles. The van der Waals surface area contributed by atoms with Gasteiger partial charge in [0.25, 0.3) is 0 Å². The van der Waals surface area contributed by atoms with E-state index >= 15 is 0 Å². The fourth-order valence-corrected chi connectivity index (χ4v) is 4.90. The van der Waals surface area contributed by atoms with Crippen LogP contribution in [0.4, 0.5) is 30.6 Å². The lowest BCUT2D eigenvalue weighted by Gasteiger charge is -2.14. The van der Waals surface area contributed by atoms with Crippen LogP contribution >= 0.6 is 0 Å². The number of aromatic nitrogens is 3. The molecule has 5 rings (SSSR count). The summed E-state index contributed by atoms with van der Waals surface area (Å²) in [5, 5.41) is 16.4. The maximum absolute atomic E-state index is 13.1. The van der Waals surface area contributed by atoms with Gasteiger partial charge in [0.05, 0.1) is 22.0 Å². The van der Waals surface area contributed by atoms with Crippen molar-refractivity contribution < 1.29 is 26.4 Å². The smallest absolute Gasteiger partial charge is 0.359 e. The molecule has 1 aliphatic heterocycles. The second-order valence-electron chi connectivity index (χ2n) is 9.73. The summed E-state index contributed by atoms with van der Waals surface area (Å²) in [6, 6.07) is 16.1. The molecule has 1 amide bonds. The molecule has 0 bridgehead atoms. The second-order valence-corrected chi connectivity index (χ2v) is 11.3. The quantitative estimate of drug-likeness (QED) is 0.194. The highest BCUT2D eigenvalue weighted by Crippen LogP contribution is 2.27. The zero-order chi connectivity index (χ0) is 29.9. The Bertz CT molecular complexity index is 1690. The zero-order valence-corrected chi connectivity index (χ0v) is 22.9. The molecule has 1 atom stereocenters. The Morgan fingerprint density at radius 2 is 1.71 bits per heavy atom. The number of primary sulfonamides is 1. The highest BCUT2D eigenvalue weighted by atomic mass is 32.2. The van der Waals surface area contributed by atoms with Gasteiger partial charge < -0.3 is 21.3 Å². The number of halogens is 3. The number of hydrogen-bond acceptors (Lipinski definition) is 9. The van der Waals surface area contributed by atoms with E-state index in [4.69, 9.17) is 5.14 Å². The minimum absolute atomic E-state index is 0.0465. The van der Waals surface area contributed by atoms with Crippen LogP contribution in [0.15, 0.2) is 65.6 Å². The number of nitrogens with one attached hydrogen (secondary N) is 4. The number of rotatable bonds is 9. The SMILES string of the molecule is NS(=O)(=O)c1ccc(CNc2nc(NCC(F)(F)F)c3nc(-c4ccc(NC(=O)C5CCNC5)cc4)ccc3n2)cc1. The van der Waals surface area contributed by atoms with Crippen LogP contribution in [0.5, 0.6) is 0 Å². The molecule has 4 aromatic rings. The minimum atomic E-state index is -4.50. The van der Waals surface area contributed by atoms with Gasteiger partial charge >= 0.3 is 6.18 Å². The van der Waals surface area contributed by atoms with Gasteiger partial charge in [0.2, 0.25) is 21.9 Å². The van der Waals surface area contributed by atoms with E-state index in [1.165, 1.54) is 12.1 Å². The number of sulfonamides is 1. The Kier molecular flexibility index (Phi) is 8.24. The number of pyridine rings is 1. The van der Waals surface area contributed by atoms with Crippen molar-refractivity contribution in [2.45, 2.75) is 24.0 Å². The first kappa shape index (κ1) is 29.2. The van der Waals surface area contributed by atoms with Gasteiger partial charge in [-0.3, -0.25) is 4.79 Å². The number of carbonyl (C=O) groups excluding carboxylic acids is 1. The third kappa shape index (κ3) is 7.29. The molecule has 15 heteroatoms. The molecule has 11 nitrogen and oxygen atoms in total. The molecule has 0 radical (unpaired) electrons. The fraction of sp³-hybridized carbons (Fsp3) is 0.259. The lowest BCUT2D eigenvalue weighted by atomic mass is 10.1. The van der Waals surface area contributed by atoms with Crippen LogP contribution in [0.2, 0.25) is 0 Å². The van der Waals surface area contributed by atoms with Crippen LogP contribution in [-0.2, 0) is 21.4 Å². The highest BCUT2D eigenvalue weighted by Gasteiger charge is 2.28. The van der Waals surface area contributed by atoms with Gasteiger partial charge in [-0.1, -0.05) is 24.3 Å². The number of fused-ring (bicyclic) bond motifs is 1. The van der Waals surface area contributed by atoms with Gasteiger partial charge in [0, 0.05) is 24.3 Å². The molecule has 2 aromatic heterocycles. The minimum Gasteiger partial charge on any atom is -0.359 e. The lowest BCUT2D eigenvalue weighted by molar-refractivity contribution is -0.119. The normalized spacial score (nSPS) is 15.5. The monoisotopic (exact) mass is 600 g/mol. The molecule has 1 unspecified atom stereocenters. The van der Waals surface area contributed by atoms with Gasteiger partial charge in [-0.2, -0.15) is 18.2 Å². The van der Waals surface area contributed by atoms with Crippen molar-refractivity contribution in [2.75, 3.05) is 35.6 Å². The number of amides is 1. The predicted octanol–water partition coefficient (Wildman–Crippen LogP) is 3.47. The third-order valence-corrected chi connectivity index (χ3v) is 7.51. The van der Waals surface area contributed by atoms with Crippen molar-refractivity contribution in [1.29, 1.82) is 0 Å². The number of hydrogen-bond donors (Lipinski definition) is 5. The molecule has 6 N–H and O–H groups in total. The largest absolute Gasteiger partial charge is 0.405 e. The maximum Gasteiger partial charge on any atom is 0.405 e. The molecule has 1 aliphatic rings. The van der Waals surface area contributed by atoms with Gasteiger partial charge in [0.15, 0.2) is 5.82 Å². The Morgan fingerprint density at radius 1 is 0.976 bits per heavy atom. The van der Waals surface area contributed by atoms with Crippen molar-refractivity contribution in [3.8, 4) is 11.3 Å². The maximum atomic E-state index is 13.1. The Balaban J connectivity index is 1.37. The van der Waals surface area contributed by atoms with Crippen molar-refractivity contribution in [3.05, 3.63) is 66.2 Å². The van der Waals surface area contributed by atoms with Gasteiger partial charge in [0.1, 0.15) is 12.1 Å². The summed E-state index contributed by atoms with van der Waals surface area (Å²) in [6.07, 6.45) is -3.72. The molecule has 1 saturated heterocycles. The average Bonchev–Trinajstić information content (AvgIpc) is 3.50. The zero-order valence-electron chi connectivity index (χ0n) is 22.1. The molecular weight excluding hydrogens is 573 g/mol. The van der Waals surface area contributed by atoms with E-state index in [-0.39, 0.29) is 40.5 Å². The summed E-state index contributed by atoms with van der Waals surface area (Å²) in [7, 11) is -3.84. The van der Waals surface area contributed by atoms with Crippen molar-refractivity contribution in [1.82, 2.24) is 20.3 Å². The van der Waals surface area contributed by atoms with Crippen LogP contribution in [0.25, 0.3) is 22.3 Å². The summed E-state index contributed by atoms with van der Waals surface area (Å²) < 4.78 is 62.1. The number of anilines is 3. The average molecular weight is 601 g/mol. The fourth-order valence-electron chi connectivity index (χ4n) is 4.39. The van der Waals surface area contributed by atoms with E-state index in [0.29, 0.717) is 34.6 Å². The Morgan fingerprint density at radius 3 is 2.36 bits per heavy atom. The van der Waals surface area contributed by atoms with Crippen LogP contribution in [0, 0.1) is 5.92 Å². The molecule has 42 heavy (non-hydrogen) atoms. The predicted molar refractivity (Wildman–Crippen MR) is 152 cm³/mol. The number of carbonyl (C=O) groups is 1. The molecule has 1 fully saturated rings. The van der Waals surface area contributed by atoms with Crippen LogP contribution in [0.3, 0.4) is 0 Å². The first-order valence-corrected chi connectivity index (χ1v) is 14.5. The van der Waals surface area contributed by atoms with Gasteiger partial charge in [-0.05, 0) is 54.9 Å². The third-order valence-electron chi connectivity index (χ3n) is 6.58. The van der Waals surface area contributed by atoms with Crippen LogP contribution in [0.1, 0.15) is 12.0 Å². The van der Waals surface area contributed by atoms with E-state index in [2.05, 4.69) is 36.2 Å². The van der Waals surface area contributed by atoms with E-state index in [9.17, 15) is 26.4 Å². The van der Waals surface area contributed by atoms with Crippen molar-refractivity contribution >= 4 is 44.4 Å². The van der Waals surface area contributed by atoms with E-state index in [1.54, 1.807) is 48.5 Å². The molecule has 220 valence electrons. The number of nitrogens with zero attached hydrogens (tertiary/aromatic N) is 3. The molecular formula is C27H27F3N8O3S. The summed E-state index contributed by atoms with van der Waals surface area (Å²) in [6.45, 7) is 0.289. The summed E-state index contributed by atoms with van der Waals surface area (Å²) >= 11 is 0. The van der Waals surface area contributed by atoms with E-state index in [1.807, 2.05) is 0 Å². The Labute approximate surface area is 239 Å². The number of benzene rings is 2. The summed E-state index contributed by atoms with van der Waals surface area (Å²) in [5.41, 5.74) is 2.91. The van der Waals surface area contributed by atoms with Gasteiger partial charge in [-0.25, -0.2) is 23.5 Å². The lowest BCUT2D eigenvalue weighted by Crippen LogP contribution is -2.24. The Hall–Kier alpha value is -4.34. The number of nitrogens with two attached hydrogens (primary N) is 1. The molecule has 0 saturated carbocycles. The van der Waals surface area contributed by atoms with E-state index in [0.717, 1.165) is 13.0 Å². The highest BCUT2D eigenvalue weighted by molar-refractivity contribution is 7.89. The topological polar surface area (TPSA) is 164 Å². The van der Waals surface area contributed by atoms with Crippen molar-refractivity contribution in [3.63, 3.8) is 0 Å². The van der Waals surface area contributed by atoms with Crippen LogP contribution < -0.4 is 26.4 Å².